The average Bonchev–Trinajstić information content (AvgIpc) is 2.69. The number of halogens is 1. The molecular weight excluding hydrogens is 323 g/mol. The van der Waals surface area contributed by atoms with Crippen molar-refractivity contribution in [2.45, 2.75) is 19.3 Å². The lowest BCUT2D eigenvalue weighted by molar-refractivity contribution is 0.301. The smallest absolute Gasteiger partial charge is 0.123 e. The van der Waals surface area contributed by atoms with Gasteiger partial charge in [-0.15, -0.1) is 0 Å². The van der Waals surface area contributed by atoms with Crippen molar-refractivity contribution in [3.8, 4) is 5.75 Å². The van der Waals surface area contributed by atoms with Crippen molar-refractivity contribution in [3.63, 3.8) is 0 Å². The number of ether oxygens (including phenoxy) is 1. The van der Waals surface area contributed by atoms with Crippen LogP contribution in [0.25, 0.3) is 12.2 Å². The van der Waals surface area contributed by atoms with Crippen molar-refractivity contribution < 1.29 is 9.13 Å². The molecule has 26 heavy (non-hydrogen) atoms. The van der Waals surface area contributed by atoms with Gasteiger partial charge in [0.2, 0.25) is 0 Å². The van der Waals surface area contributed by atoms with Crippen LogP contribution in [0, 0.1) is 5.82 Å². The Labute approximate surface area is 154 Å². The maximum absolute atomic E-state index is 12.9. The van der Waals surface area contributed by atoms with Gasteiger partial charge >= 0.3 is 0 Å². The maximum Gasteiger partial charge on any atom is 0.123 e. The van der Waals surface area contributed by atoms with Crippen LogP contribution >= 0.6 is 0 Å². The molecule has 3 aromatic carbocycles. The Balaban J connectivity index is 1.49. The summed E-state index contributed by atoms with van der Waals surface area (Å²) in [6, 6.07) is 25.0. The van der Waals surface area contributed by atoms with Gasteiger partial charge in [0, 0.05) is 0 Å². The Morgan fingerprint density at radius 3 is 2.00 bits per heavy atom. The van der Waals surface area contributed by atoms with Gasteiger partial charge in [0.1, 0.15) is 11.6 Å². The van der Waals surface area contributed by atoms with E-state index in [4.69, 9.17) is 4.74 Å². The second-order valence-corrected chi connectivity index (χ2v) is 6.40. The lowest BCUT2D eigenvalue weighted by Gasteiger charge is -2.12. The number of benzene rings is 3. The van der Waals surface area contributed by atoms with Gasteiger partial charge < -0.3 is 4.74 Å². The molecule has 0 radical (unpaired) electrons. The number of hydrogen-bond acceptors (Lipinski definition) is 1. The van der Waals surface area contributed by atoms with Crippen molar-refractivity contribution in [3.05, 3.63) is 101 Å². The minimum Gasteiger partial charge on any atom is -0.494 e. The Bertz CT molecular complexity index is 820. The largest absolute Gasteiger partial charge is 0.494 e. The molecule has 0 bridgehead atoms. The molecule has 3 aromatic rings. The van der Waals surface area contributed by atoms with Crippen molar-refractivity contribution >= 4 is 12.2 Å². The highest BCUT2D eigenvalue weighted by atomic mass is 19.1. The lowest BCUT2D eigenvalue weighted by Crippen LogP contribution is -2.03. The third kappa shape index (κ3) is 5.32. The topological polar surface area (TPSA) is 9.23 Å². The van der Waals surface area contributed by atoms with Gasteiger partial charge in [0.05, 0.1) is 6.61 Å². The second kappa shape index (κ2) is 9.00. The van der Waals surface area contributed by atoms with Crippen LogP contribution in [0.4, 0.5) is 4.39 Å². The fourth-order valence-corrected chi connectivity index (χ4v) is 2.74. The van der Waals surface area contributed by atoms with Crippen LogP contribution in [0.1, 0.15) is 36.0 Å². The standard InChI is InChI=1S/C24H23FO/c1-19(22-5-3-2-4-6-22)17-18-26-24-15-11-21(12-16-24)8-7-20-9-13-23(25)14-10-20/h2-16,19H,17-18H2,1H3/b8-7+. The molecule has 1 nitrogen and oxygen atoms in total. The Morgan fingerprint density at radius 1 is 0.808 bits per heavy atom. The van der Waals surface area contributed by atoms with Gasteiger partial charge in [-0.2, -0.15) is 0 Å². The molecule has 0 heterocycles. The highest BCUT2D eigenvalue weighted by Crippen LogP contribution is 2.20. The summed E-state index contributed by atoms with van der Waals surface area (Å²) in [5.74, 6) is 1.14. The molecule has 1 unspecified atom stereocenters. The highest BCUT2D eigenvalue weighted by Gasteiger charge is 2.05. The number of hydrogen-bond donors (Lipinski definition) is 0. The highest BCUT2D eigenvalue weighted by molar-refractivity contribution is 5.69. The summed E-state index contributed by atoms with van der Waals surface area (Å²) in [7, 11) is 0. The van der Waals surface area contributed by atoms with E-state index in [9.17, 15) is 4.39 Å². The second-order valence-electron chi connectivity index (χ2n) is 6.40. The van der Waals surface area contributed by atoms with Crippen LogP contribution in [0.5, 0.6) is 5.75 Å². The van der Waals surface area contributed by atoms with Crippen LogP contribution in [-0.4, -0.2) is 6.61 Å². The first-order chi connectivity index (χ1) is 12.7. The van der Waals surface area contributed by atoms with Gasteiger partial charge in [-0.25, -0.2) is 4.39 Å². The fourth-order valence-electron chi connectivity index (χ4n) is 2.74. The van der Waals surface area contributed by atoms with Gasteiger partial charge in [-0.05, 0) is 53.3 Å². The third-order valence-electron chi connectivity index (χ3n) is 4.41. The van der Waals surface area contributed by atoms with Crippen molar-refractivity contribution in [1.29, 1.82) is 0 Å². The van der Waals surface area contributed by atoms with Crippen molar-refractivity contribution in [2.24, 2.45) is 0 Å². The Morgan fingerprint density at radius 2 is 1.38 bits per heavy atom. The molecule has 0 aliphatic rings. The van der Waals surface area contributed by atoms with E-state index in [2.05, 4.69) is 31.2 Å². The molecule has 0 amide bonds. The summed E-state index contributed by atoms with van der Waals surface area (Å²) in [4.78, 5) is 0. The molecule has 132 valence electrons. The van der Waals surface area contributed by atoms with Gasteiger partial charge in [-0.3, -0.25) is 0 Å². The zero-order chi connectivity index (χ0) is 18.2. The monoisotopic (exact) mass is 346 g/mol. The molecule has 0 saturated heterocycles. The fraction of sp³-hybridized carbons (Fsp3) is 0.167. The molecule has 0 aliphatic heterocycles. The average molecular weight is 346 g/mol. The summed E-state index contributed by atoms with van der Waals surface area (Å²) in [5.41, 5.74) is 3.40. The number of rotatable bonds is 7. The molecule has 0 spiro atoms. The molecule has 0 N–H and O–H groups in total. The zero-order valence-electron chi connectivity index (χ0n) is 14.9. The van der Waals surface area contributed by atoms with E-state index in [1.54, 1.807) is 12.1 Å². The molecular formula is C24H23FO. The first-order valence-electron chi connectivity index (χ1n) is 8.92. The van der Waals surface area contributed by atoms with Crippen LogP contribution in [-0.2, 0) is 0 Å². The molecule has 2 heteroatoms. The van der Waals surface area contributed by atoms with E-state index in [1.165, 1.54) is 17.7 Å². The summed E-state index contributed by atoms with van der Waals surface area (Å²) in [6.45, 7) is 2.92. The molecule has 0 aromatic heterocycles. The molecule has 0 aliphatic carbocycles. The molecule has 3 rings (SSSR count). The van der Waals surface area contributed by atoms with Gasteiger partial charge in [0.15, 0.2) is 0 Å². The van der Waals surface area contributed by atoms with E-state index >= 15 is 0 Å². The Hall–Kier alpha value is -2.87. The van der Waals surface area contributed by atoms with E-state index in [1.807, 2.05) is 42.5 Å². The van der Waals surface area contributed by atoms with Gasteiger partial charge in [-0.1, -0.05) is 73.7 Å². The predicted octanol–water partition coefficient (Wildman–Crippen LogP) is 6.57. The lowest BCUT2D eigenvalue weighted by atomic mass is 9.98. The van der Waals surface area contributed by atoms with Crippen molar-refractivity contribution in [1.82, 2.24) is 0 Å². The third-order valence-corrected chi connectivity index (χ3v) is 4.41. The van der Waals surface area contributed by atoms with Crippen LogP contribution in [0.3, 0.4) is 0 Å². The van der Waals surface area contributed by atoms with Gasteiger partial charge in [0.25, 0.3) is 0 Å². The zero-order valence-corrected chi connectivity index (χ0v) is 14.9. The van der Waals surface area contributed by atoms with E-state index in [0.29, 0.717) is 12.5 Å². The quantitative estimate of drug-likeness (QED) is 0.440. The molecule has 1 atom stereocenters. The minimum absolute atomic E-state index is 0.217. The van der Waals surface area contributed by atoms with E-state index in [-0.39, 0.29) is 5.82 Å². The minimum atomic E-state index is -0.217. The first kappa shape index (κ1) is 17.9. The summed E-state index contributed by atoms with van der Waals surface area (Å²) in [5, 5.41) is 0. The summed E-state index contributed by atoms with van der Waals surface area (Å²) >= 11 is 0. The summed E-state index contributed by atoms with van der Waals surface area (Å²) in [6.07, 6.45) is 4.96. The van der Waals surface area contributed by atoms with Crippen molar-refractivity contribution in [2.75, 3.05) is 6.61 Å². The van der Waals surface area contributed by atoms with Crippen LogP contribution < -0.4 is 4.74 Å². The van der Waals surface area contributed by atoms with Crippen LogP contribution in [0.15, 0.2) is 78.9 Å². The maximum atomic E-state index is 12.9. The SMILES string of the molecule is CC(CCOc1ccc(/C=C/c2ccc(F)cc2)cc1)c1ccccc1. The molecule has 0 fully saturated rings. The summed E-state index contributed by atoms with van der Waals surface area (Å²) < 4.78 is 18.8. The van der Waals surface area contributed by atoms with E-state index in [0.717, 1.165) is 23.3 Å². The molecule has 0 saturated carbocycles. The van der Waals surface area contributed by atoms with E-state index < -0.39 is 0 Å². The predicted molar refractivity (Wildman–Crippen MR) is 107 cm³/mol. The first-order valence-corrected chi connectivity index (χ1v) is 8.92. The normalized spacial score (nSPS) is 12.2. The Kier molecular flexibility index (Phi) is 6.21. The van der Waals surface area contributed by atoms with Crippen LogP contribution in [0.2, 0.25) is 0 Å².